The predicted molar refractivity (Wildman–Crippen MR) is 104 cm³/mol. The van der Waals surface area contributed by atoms with Gasteiger partial charge in [0.15, 0.2) is 0 Å². The first-order valence-electron chi connectivity index (χ1n) is 8.11. The molecule has 0 saturated heterocycles. The lowest BCUT2D eigenvalue weighted by Gasteiger charge is -2.10. The Labute approximate surface area is 160 Å². The van der Waals surface area contributed by atoms with Gasteiger partial charge in [0.2, 0.25) is 0 Å². The van der Waals surface area contributed by atoms with Crippen molar-refractivity contribution in [2.45, 2.75) is 6.54 Å². The Balaban J connectivity index is 1.73. The number of benzene rings is 2. The number of nitrogens with one attached hydrogen (secondary N) is 2. The van der Waals surface area contributed by atoms with E-state index in [2.05, 4.69) is 15.6 Å². The summed E-state index contributed by atoms with van der Waals surface area (Å²) in [6, 6.07) is 17.4. The Hall–Kier alpha value is -3.38. The first-order valence-corrected chi connectivity index (χ1v) is 8.49. The maximum Gasteiger partial charge on any atom is 0.404 e. The summed E-state index contributed by atoms with van der Waals surface area (Å²) in [5.74, 6) is -0.276. The zero-order valence-electron chi connectivity index (χ0n) is 14.1. The van der Waals surface area contributed by atoms with Gasteiger partial charge in [-0.15, -0.1) is 0 Å². The summed E-state index contributed by atoms with van der Waals surface area (Å²) in [6.07, 6.45) is 0.584. The molecule has 6 nitrogen and oxygen atoms in total. The molecule has 3 N–H and O–H groups in total. The Morgan fingerprint density at radius 2 is 1.81 bits per heavy atom. The summed E-state index contributed by atoms with van der Waals surface area (Å²) in [5.41, 5.74) is 3.27. The fourth-order valence-corrected chi connectivity index (χ4v) is 2.69. The van der Waals surface area contributed by atoms with Crippen LogP contribution < -0.4 is 10.6 Å². The minimum atomic E-state index is -1.09. The highest BCUT2D eigenvalue weighted by Gasteiger charge is 2.10. The number of pyridine rings is 1. The van der Waals surface area contributed by atoms with Gasteiger partial charge in [0.1, 0.15) is 0 Å². The molecule has 0 unspecified atom stereocenters. The molecule has 0 fully saturated rings. The van der Waals surface area contributed by atoms with E-state index >= 15 is 0 Å². The predicted octanol–water partition coefficient (Wildman–Crippen LogP) is 4.42. The third-order valence-corrected chi connectivity index (χ3v) is 4.15. The molecule has 0 aliphatic rings. The molecule has 0 aliphatic carbocycles. The van der Waals surface area contributed by atoms with Gasteiger partial charge in [0, 0.05) is 29.6 Å². The van der Waals surface area contributed by atoms with E-state index in [-0.39, 0.29) is 12.5 Å². The van der Waals surface area contributed by atoms with Gasteiger partial charge >= 0.3 is 6.09 Å². The highest BCUT2D eigenvalue weighted by Crippen LogP contribution is 2.29. The Morgan fingerprint density at radius 1 is 1.04 bits per heavy atom. The van der Waals surface area contributed by atoms with Gasteiger partial charge < -0.3 is 15.7 Å². The van der Waals surface area contributed by atoms with E-state index in [0.717, 1.165) is 11.1 Å². The van der Waals surface area contributed by atoms with Gasteiger partial charge in [0.25, 0.3) is 5.91 Å². The number of carboxylic acid groups (broad SMARTS) is 1. The quantitative estimate of drug-likeness (QED) is 0.610. The number of hydrogen-bond donors (Lipinski definition) is 3. The van der Waals surface area contributed by atoms with Crippen LogP contribution in [0.5, 0.6) is 0 Å². The molecule has 136 valence electrons. The molecule has 0 spiro atoms. The van der Waals surface area contributed by atoms with Gasteiger partial charge in [-0.05, 0) is 48.0 Å². The lowest BCUT2D eigenvalue weighted by Crippen LogP contribution is -2.20. The van der Waals surface area contributed by atoms with Crippen LogP contribution in [0.25, 0.3) is 11.3 Å². The molecule has 0 aliphatic heterocycles. The van der Waals surface area contributed by atoms with Crippen LogP contribution in [-0.2, 0) is 6.54 Å². The van der Waals surface area contributed by atoms with Crippen LogP contribution in [0.4, 0.5) is 10.5 Å². The second-order valence-corrected chi connectivity index (χ2v) is 6.13. The average Bonchev–Trinajstić information content (AvgIpc) is 2.69. The number of halogens is 1. The number of rotatable bonds is 5. The van der Waals surface area contributed by atoms with E-state index in [1.54, 1.807) is 48.7 Å². The fourth-order valence-electron chi connectivity index (χ4n) is 2.48. The number of aromatic nitrogens is 1. The summed E-state index contributed by atoms with van der Waals surface area (Å²) in [6.45, 7) is 0.182. The lowest BCUT2D eigenvalue weighted by molar-refractivity contribution is 0.102. The number of hydrogen-bond acceptors (Lipinski definition) is 3. The molecule has 0 saturated carbocycles. The molecule has 0 radical (unpaired) electrons. The van der Waals surface area contributed by atoms with Crippen molar-refractivity contribution in [1.29, 1.82) is 0 Å². The molecule has 1 aromatic heterocycles. The van der Waals surface area contributed by atoms with Crippen molar-refractivity contribution in [2.24, 2.45) is 0 Å². The van der Waals surface area contributed by atoms with E-state index in [9.17, 15) is 9.59 Å². The van der Waals surface area contributed by atoms with Crippen LogP contribution in [0, 0.1) is 0 Å². The van der Waals surface area contributed by atoms with Crippen LogP contribution in [0.3, 0.4) is 0 Å². The molecule has 3 aromatic rings. The Kier molecular flexibility index (Phi) is 5.68. The monoisotopic (exact) mass is 381 g/mol. The minimum absolute atomic E-state index is 0.182. The Morgan fingerprint density at radius 3 is 2.48 bits per heavy atom. The van der Waals surface area contributed by atoms with Gasteiger partial charge in [-0.3, -0.25) is 9.78 Å². The maximum absolute atomic E-state index is 12.5. The minimum Gasteiger partial charge on any atom is -0.465 e. The number of amides is 2. The van der Waals surface area contributed by atoms with Crippen molar-refractivity contribution in [1.82, 2.24) is 10.3 Å². The van der Waals surface area contributed by atoms with Crippen LogP contribution in [-0.4, -0.2) is 22.1 Å². The van der Waals surface area contributed by atoms with E-state index in [1.807, 2.05) is 18.2 Å². The number of nitrogens with zero attached hydrogens (tertiary/aromatic N) is 1. The third-order valence-electron chi connectivity index (χ3n) is 3.82. The number of anilines is 1. The first kappa shape index (κ1) is 18.4. The highest BCUT2D eigenvalue weighted by atomic mass is 35.5. The SMILES string of the molecule is O=C(O)NCc1ccc(C(=O)Nc2ccc(Cl)c(-c3ccccn3)c2)cc1. The molecule has 7 heteroatoms. The molecule has 1 heterocycles. The van der Waals surface area contributed by atoms with Crippen molar-refractivity contribution < 1.29 is 14.7 Å². The molecule has 27 heavy (non-hydrogen) atoms. The fraction of sp³-hybridized carbons (Fsp3) is 0.0500. The van der Waals surface area contributed by atoms with Crippen molar-refractivity contribution in [2.75, 3.05) is 5.32 Å². The average molecular weight is 382 g/mol. The summed E-state index contributed by atoms with van der Waals surface area (Å²) >= 11 is 6.25. The number of carbonyl (C=O) groups is 2. The number of carbonyl (C=O) groups excluding carboxylic acids is 1. The smallest absolute Gasteiger partial charge is 0.404 e. The van der Waals surface area contributed by atoms with Gasteiger partial charge in [-0.2, -0.15) is 0 Å². The summed E-state index contributed by atoms with van der Waals surface area (Å²) in [7, 11) is 0. The molecule has 2 aromatic carbocycles. The molecular weight excluding hydrogens is 366 g/mol. The summed E-state index contributed by atoms with van der Waals surface area (Å²) < 4.78 is 0. The largest absolute Gasteiger partial charge is 0.465 e. The van der Waals surface area contributed by atoms with Crippen molar-refractivity contribution >= 4 is 29.3 Å². The second kappa shape index (κ2) is 8.33. The van der Waals surface area contributed by atoms with Crippen LogP contribution >= 0.6 is 11.6 Å². The highest BCUT2D eigenvalue weighted by molar-refractivity contribution is 6.33. The topological polar surface area (TPSA) is 91.3 Å². The zero-order chi connectivity index (χ0) is 19.2. The van der Waals surface area contributed by atoms with E-state index in [1.165, 1.54) is 0 Å². The standard InChI is InChI=1S/C20H16ClN3O3/c21-17-9-8-15(11-16(17)18-3-1-2-10-22-18)24-19(25)14-6-4-13(5-7-14)12-23-20(26)27/h1-11,23H,12H2,(H,24,25)(H,26,27). The maximum atomic E-state index is 12.5. The normalized spacial score (nSPS) is 10.3. The third kappa shape index (κ3) is 4.83. The lowest BCUT2D eigenvalue weighted by atomic mass is 10.1. The summed E-state index contributed by atoms with van der Waals surface area (Å²) in [5, 5.41) is 14.3. The van der Waals surface area contributed by atoms with E-state index in [0.29, 0.717) is 22.0 Å². The molecule has 3 rings (SSSR count). The van der Waals surface area contributed by atoms with Crippen LogP contribution in [0.1, 0.15) is 15.9 Å². The first-order chi connectivity index (χ1) is 13.0. The van der Waals surface area contributed by atoms with E-state index < -0.39 is 6.09 Å². The summed E-state index contributed by atoms with van der Waals surface area (Å²) in [4.78, 5) is 27.3. The Bertz CT molecular complexity index is 960. The van der Waals surface area contributed by atoms with Gasteiger partial charge in [-0.25, -0.2) is 4.79 Å². The van der Waals surface area contributed by atoms with Crippen molar-refractivity contribution in [3.63, 3.8) is 0 Å². The zero-order valence-corrected chi connectivity index (χ0v) is 14.9. The second-order valence-electron chi connectivity index (χ2n) is 5.72. The van der Waals surface area contributed by atoms with Crippen LogP contribution in [0.15, 0.2) is 66.9 Å². The van der Waals surface area contributed by atoms with Crippen LogP contribution in [0.2, 0.25) is 5.02 Å². The molecule has 0 atom stereocenters. The molecule has 2 amide bonds. The van der Waals surface area contributed by atoms with E-state index in [4.69, 9.17) is 16.7 Å². The van der Waals surface area contributed by atoms with Gasteiger partial charge in [-0.1, -0.05) is 29.8 Å². The van der Waals surface area contributed by atoms with Crippen molar-refractivity contribution in [3.8, 4) is 11.3 Å². The van der Waals surface area contributed by atoms with Gasteiger partial charge in [0.05, 0.1) is 10.7 Å². The van der Waals surface area contributed by atoms with Crippen molar-refractivity contribution in [3.05, 3.63) is 83.0 Å². The molecule has 0 bridgehead atoms. The molecular formula is C20H16ClN3O3.